The van der Waals surface area contributed by atoms with Crippen molar-refractivity contribution >= 4 is 5.57 Å². The van der Waals surface area contributed by atoms with Crippen molar-refractivity contribution in [2.75, 3.05) is 6.61 Å². The highest BCUT2D eigenvalue weighted by Gasteiger charge is 2.24. The van der Waals surface area contributed by atoms with Gasteiger partial charge in [0.25, 0.3) is 0 Å². The number of hydrogen-bond acceptors (Lipinski definition) is 1. The molecule has 2 aromatic rings. The third-order valence-corrected chi connectivity index (χ3v) is 7.63. The van der Waals surface area contributed by atoms with Gasteiger partial charge in [0.1, 0.15) is 6.61 Å². The molecule has 1 fully saturated rings. The lowest BCUT2D eigenvalue weighted by molar-refractivity contribution is 0.307. The predicted molar refractivity (Wildman–Crippen MR) is 132 cm³/mol. The van der Waals surface area contributed by atoms with E-state index in [1.807, 2.05) is 6.07 Å². The zero-order valence-corrected chi connectivity index (χ0v) is 20.1. The van der Waals surface area contributed by atoms with Crippen molar-refractivity contribution in [3.05, 3.63) is 83.2 Å². The summed E-state index contributed by atoms with van der Waals surface area (Å²) < 4.78 is 49.3. The molecule has 0 aliphatic heterocycles. The Bertz CT molecular complexity index is 1030. The van der Waals surface area contributed by atoms with Crippen LogP contribution in [-0.2, 0) is 6.42 Å². The van der Waals surface area contributed by atoms with Crippen LogP contribution < -0.4 is 4.74 Å². The number of ether oxygens (including phenoxy) is 1. The van der Waals surface area contributed by atoms with E-state index in [0.29, 0.717) is 35.3 Å². The summed E-state index contributed by atoms with van der Waals surface area (Å²) in [6.45, 7) is 6.06. The number of benzene rings is 2. The van der Waals surface area contributed by atoms with Crippen LogP contribution in [0.3, 0.4) is 0 Å². The lowest BCUT2D eigenvalue weighted by Crippen LogP contribution is -2.15. The summed E-state index contributed by atoms with van der Waals surface area (Å²) >= 11 is 0. The summed E-state index contributed by atoms with van der Waals surface area (Å²) in [5.74, 6) is -0.0155. The average molecular weight is 469 g/mol. The van der Waals surface area contributed by atoms with Crippen LogP contribution >= 0.6 is 0 Å². The molecule has 182 valence electrons. The number of aryl methyl sites for hydroxylation is 1. The molecular weight excluding hydrogens is 433 g/mol. The van der Waals surface area contributed by atoms with E-state index in [1.165, 1.54) is 0 Å². The average Bonchev–Trinajstić information content (AvgIpc) is 2.85. The second-order valence-corrected chi connectivity index (χ2v) is 10.1. The first-order valence-electron chi connectivity index (χ1n) is 12.7. The van der Waals surface area contributed by atoms with Gasteiger partial charge >= 0.3 is 0 Å². The quantitative estimate of drug-likeness (QED) is 0.352. The van der Waals surface area contributed by atoms with Crippen molar-refractivity contribution in [2.45, 2.75) is 70.6 Å². The van der Waals surface area contributed by atoms with Gasteiger partial charge < -0.3 is 4.74 Å². The van der Waals surface area contributed by atoms with E-state index < -0.39 is 11.6 Å². The lowest BCUT2D eigenvalue weighted by atomic mass is 9.77. The highest BCUT2D eigenvalue weighted by Crippen LogP contribution is 2.39. The van der Waals surface area contributed by atoms with Crippen LogP contribution in [0.4, 0.5) is 13.2 Å². The SMILES string of the molecule is C=CCOc1ccc(C2CCC(CCc3ccc(C4=CCC(C)CC4)c(F)c3F)CC2)cc1F. The van der Waals surface area contributed by atoms with Crippen LogP contribution in [-0.4, -0.2) is 6.61 Å². The standard InChI is InChI=1S/C30H35F3O/c1-3-18-34-28-17-15-25(19-27(28)31)22-11-6-21(7-12-22)8-13-24-14-16-26(30(33)29(24)32)23-9-4-20(2)5-10-23/h3,9,14-17,19-22H,1,4-8,10-13,18H2,2H3. The van der Waals surface area contributed by atoms with Crippen molar-refractivity contribution in [3.8, 4) is 5.75 Å². The fourth-order valence-corrected chi connectivity index (χ4v) is 5.42. The molecule has 0 radical (unpaired) electrons. The molecule has 2 aliphatic rings. The maximum atomic E-state index is 14.8. The van der Waals surface area contributed by atoms with Gasteiger partial charge in [0.05, 0.1) is 0 Å². The Morgan fingerprint density at radius 1 is 1.00 bits per heavy atom. The molecule has 4 heteroatoms. The van der Waals surface area contributed by atoms with E-state index >= 15 is 0 Å². The molecule has 1 nitrogen and oxygen atoms in total. The van der Waals surface area contributed by atoms with Crippen molar-refractivity contribution in [3.63, 3.8) is 0 Å². The Labute approximate surface area is 201 Å². The fourth-order valence-electron chi connectivity index (χ4n) is 5.42. The molecule has 2 aromatic carbocycles. The monoisotopic (exact) mass is 468 g/mol. The van der Waals surface area contributed by atoms with Gasteiger partial charge in [0, 0.05) is 5.56 Å². The van der Waals surface area contributed by atoms with Gasteiger partial charge in [-0.3, -0.25) is 0 Å². The number of halogens is 3. The van der Waals surface area contributed by atoms with E-state index in [-0.39, 0.29) is 18.2 Å². The van der Waals surface area contributed by atoms with Crippen LogP contribution in [0.15, 0.2) is 49.1 Å². The van der Waals surface area contributed by atoms with Crippen LogP contribution in [0.5, 0.6) is 5.75 Å². The van der Waals surface area contributed by atoms with Gasteiger partial charge in [0.2, 0.25) is 0 Å². The Hall–Kier alpha value is -2.49. The molecule has 1 unspecified atom stereocenters. The van der Waals surface area contributed by atoms with Gasteiger partial charge in [-0.25, -0.2) is 13.2 Å². The van der Waals surface area contributed by atoms with Gasteiger partial charge in [-0.15, -0.1) is 0 Å². The zero-order valence-electron chi connectivity index (χ0n) is 20.1. The molecule has 0 saturated heterocycles. The van der Waals surface area contributed by atoms with Gasteiger partial charge in [-0.05, 0) is 104 Å². The topological polar surface area (TPSA) is 9.23 Å². The minimum absolute atomic E-state index is 0.256. The summed E-state index contributed by atoms with van der Waals surface area (Å²) in [4.78, 5) is 0. The third kappa shape index (κ3) is 5.76. The van der Waals surface area contributed by atoms with E-state index in [0.717, 1.165) is 62.5 Å². The first kappa shape index (κ1) is 24.6. The van der Waals surface area contributed by atoms with Crippen LogP contribution in [0.2, 0.25) is 0 Å². The van der Waals surface area contributed by atoms with E-state index in [4.69, 9.17) is 4.74 Å². The van der Waals surface area contributed by atoms with Crippen LogP contribution in [0.1, 0.15) is 80.9 Å². The molecule has 0 bridgehead atoms. The number of hydrogen-bond donors (Lipinski definition) is 0. The molecule has 1 saturated carbocycles. The van der Waals surface area contributed by atoms with Crippen molar-refractivity contribution in [2.24, 2.45) is 11.8 Å². The molecule has 0 amide bonds. The van der Waals surface area contributed by atoms with Crippen molar-refractivity contribution < 1.29 is 17.9 Å². The normalized spacial score (nSPS) is 22.8. The molecule has 0 heterocycles. The van der Waals surface area contributed by atoms with Crippen molar-refractivity contribution in [1.29, 1.82) is 0 Å². The summed E-state index contributed by atoms with van der Waals surface area (Å²) in [7, 11) is 0. The molecular formula is C30H35F3O. The Kier molecular flexibility index (Phi) is 8.18. The van der Waals surface area contributed by atoms with Gasteiger partial charge in [-0.1, -0.05) is 43.9 Å². The Morgan fingerprint density at radius 3 is 2.47 bits per heavy atom. The summed E-state index contributed by atoms with van der Waals surface area (Å²) in [6.07, 6.45) is 11.9. The number of allylic oxidation sites excluding steroid dienone is 2. The predicted octanol–water partition coefficient (Wildman–Crippen LogP) is 8.78. The molecule has 34 heavy (non-hydrogen) atoms. The summed E-state index contributed by atoms with van der Waals surface area (Å²) in [5.41, 5.74) is 2.86. The Balaban J connectivity index is 1.31. The molecule has 0 spiro atoms. The first-order chi connectivity index (χ1) is 16.5. The zero-order chi connectivity index (χ0) is 24.1. The largest absolute Gasteiger partial charge is 0.486 e. The summed E-state index contributed by atoms with van der Waals surface area (Å²) in [6, 6.07) is 8.78. The highest BCUT2D eigenvalue weighted by molar-refractivity contribution is 5.67. The molecule has 4 rings (SSSR count). The molecule has 0 aromatic heterocycles. The minimum atomic E-state index is -0.690. The van der Waals surface area contributed by atoms with Gasteiger partial charge in [0.15, 0.2) is 23.2 Å². The van der Waals surface area contributed by atoms with Crippen LogP contribution in [0, 0.1) is 29.3 Å². The van der Waals surface area contributed by atoms with Crippen LogP contribution in [0.25, 0.3) is 5.57 Å². The maximum absolute atomic E-state index is 14.8. The van der Waals surface area contributed by atoms with E-state index in [1.54, 1.807) is 30.3 Å². The molecule has 2 aliphatic carbocycles. The lowest BCUT2D eigenvalue weighted by Gasteiger charge is -2.29. The number of rotatable bonds is 8. The van der Waals surface area contributed by atoms with E-state index in [9.17, 15) is 13.2 Å². The smallest absolute Gasteiger partial charge is 0.166 e. The van der Waals surface area contributed by atoms with Crippen molar-refractivity contribution in [1.82, 2.24) is 0 Å². The highest BCUT2D eigenvalue weighted by atomic mass is 19.2. The Morgan fingerprint density at radius 2 is 1.79 bits per heavy atom. The third-order valence-electron chi connectivity index (χ3n) is 7.63. The maximum Gasteiger partial charge on any atom is 0.166 e. The molecule has 1 atom stereocenters. The van der Waals surface area contributed by atoms with E-state index in [2.05, 4.69) is 19.6 Å². The fraction of sp³-hybridized carbons (Fsp3) is 0.467. The second-order valence-electron chi connectivity index (χ2n) is 10.1. The van der Waals surface area contributed by atoms with Gasteiger partial charge in [-0.2, -0.15) is 0 Å². The molecule has 0 N–H and O–H groups in total. The second kappa shape index (κ2) is 11.3. The summed E-state index contributed by atoms with van der Waals surface area (Å²) in [5, 5.41) is 0. The minimum Gasteiger partial charge on any atom is -0.486 e. The first-order valence-corrected chi connectivity index (χ1v) is 12.7.